The van der Waals surface area contributed by atoms with Crippen molar-refractivity contribution in [3.63, 3.8) is 0 Å². The van der Waals surface area contributed by atoms with Crippen LogP contribution in [0.3, 0.4) is 0 Å². The number of alkyl halides is 3. The first-order chi connectivity index (χ1) is 7.01. The molecular formula is C9H17F3N2S. The third-order valence-electron chi connectivity index (χ3n) is 2.61. The van der Waals surface area contributed by atoms with Gasteiger partial charge in [0.25, 0.3) is 0 Å². The van der Waals surface area contributed by atoms with Gasteiger partial charge in [0.2, 0.25) is 0 Å². The van der Waals surface area contributed by atoms with Crippen LogP contribution in [-0.4, -0.2) is 42.3 Å². The lowest BCUT2D eigenvalue weighted by Gasteiger charge is -2.31. The van der Waals surface area contributed by atoms with Crippen molar-refractivity contribution in [2.24, 2.45) is 11.7 Å². The van der Waals surface area contributed by atoms with E-state index in [0.717, 1.165) is 25.9 Å². The summed E-state index contributed by atoms with van der Waals surface area (Å²) in [4.78, 5) is 2.08. The predicted octanol–water partition coefficient (Wildman–Crippen LogP) is 1.91. The van der Waals surface area contributed by atoms with Crippen LogP contribution in [0.4, 0.5) is 13.2 Å². The Hall–Kier alpha value is 0.0600. The van der Waals surface area contributed by atoms with E-state index in [1.54, 1.807) is 0 Å². The molecule has 1 aliphatic heterocycles. The highest BCUT2D eigenvalue weighted by Crippen LogP contribution is 2.30. The van der Waals surface area contributed by atoms with E-state index in [0.29, 0.717) is 19.0 Å². The first kappa shape index (κ1) is 13.1. The summed E-state index contributed by atoms with van der Waals surface area (Å²) in [5.74, 6) is 0.593. The van der Waals surface area contributed by atoms with E-state index < -0.39 is 5.51 Å². The molecule has 1 aliphatic rings. The van der Waals surface area contributed by atoms with Gasteiger partial charge >= 0.3 is 5.51 Å². The van der Waals surface area contributed by atoms with Gasteiger partial charge in [-0.2, -0.15) is 13.2 Å². The number of rotatable bonds is 4. The fourth-order valence-electron chi connectivity index (χ4n) is 1.84. The number of nitrogens with zero attached hydrogens (tertiary/aromatic N) is 1. The zero-order valence-electron chi connectivity index (χ0n) is 8.59. The van der Waals surface area contributed by atoms with E-state index in [1.165, 1.54) is 0 Å². The van der Waals surface area contributed by atoms with E-state index in [4.69, 9.17) is 5.73 Å². The Balaban J connectivity index is 2.15. The minimum absolute atomic E-state index is 0.0631. The van der Waals surface area contributed by atoms with Crippen molar-refractivity contribution in [3.8, 4) is 0 Å². The van der Waals surface area contributed by atoms with Gasteiger partial charge in [-0.1, -0.05) is 0 Å². The van der Waals surface area contributed by atoms with Crippen molar-refractivity contribution in [3.05, 3.63) is 0 Å². The van der Waals surface area contributed by atoms with Crippen molar-refractivity contribution in [1.82, 2.24) is 4.90 Å². The quantitative estimate of drug-likeness (QED) is 0.816. The number of likely N-dealkylation sites (tertiary alicyclic amines) is 1. The monoisotopic (exact) mass is 242 g/mol. The number of hydrogen-bond acceptors (Lipinski definition) is 3. The van der Waals surface area contributed by atoms with Crippen LogP contribution < -0.4 is 5.73 Å². The number of piperidine rings is 1. The van der Waals surface area contributed by atoms with Gasteiger partial charge in [-0.05, 0) is 43.6 Å². The van der Waals surface area contributed by atoms with E-state index in [2.05, 4.69) is 4.90 Å². The normalized spacial score (nSPS) is 24.4. The lowest BCUT2D eigenvalue weighted by molar-refractivity contribution is -0.0329. The average molecular weight is 242 g/mol. The second kappa shape index (κ2) is 5.96. The van der Waals surface area contributed by atoms with Crippen LogP contribution >= 0.6 is 11.8 Å². The van der Waals surface area contributed by atoms with E-state index in [-0.39, 0.29) is 17.5 Å². The summed E-state index contributed by atoms with van der Waals surface area (Å²) in [6.45, 7) is 2.92. The molecule has 0 aromatic heterocycles. The lowest BCUT2D eigenvalue weighted by atomic mass is 9.98. The molecule has 15 heavy (non-hydrogen) atoms. The molecule has 1 rings (SSSR count). The van der Waals surface area contributed by atoms with Crippen molar-refractivity contribution in [1.29, 1.82) is 0 Å². The summed E-state index contributed by atoms with van der Waals surface area (Å²) in [6.07, 6.45) is 2.16. The molecule has 2 nitrogen and oxygen atoms in total. The van der Waals surface area contributed by atoms with Crippen molar-refractivity contribution in [2.45, 2.75) is 18.3 Å². The number of halogens is 3. The number of thioether (sulfide) groups is 1. The summed E-state index contributed by atoms with van der Waals surface area (Å²) in [5, 5.41) is 0. The molecule has 0 aliphatic carbocycles. The zero-order valence-corrected chi connectivity index (χ0v) is 9.41. The Morgan fingerprint density at radius 1 is 1.40 bits per heavy atom. The fraction of sp³-hybridized carbons (Fsp3) is 1.00. The highest BCUT2D eigenvalue weighted by Gasteiger charge is 2.28. The topological polar surface area (TPSA) is 29.3 Å². The maximum absolute atomic E-state index is 11.9. The van der Waals surface area contributed by atoms with Crippen molar-refractivity contribution < 1.29 is 13.2 Å². The SMILES string of the molecule is NCC1CCCN(CCSC(F)(F)F)C1. The van der Waals surface area contributed by atoms with Crippen LogP contribution in [0.25, 0.3) is 0 Å². The first-order valence-electron chi connectivity index (χ1n) is 5.14. The van der Waals surface area contributed by atoms with Crippen LogP contribution in [0.15, 0.2) is 0 Å². The lowest BCUT2D eigenvalue weighted by Crippen LogP contribution is -2.39. The third kappa shape index (κ3) is 5.63. The standard InChI is InChI=1S/C9H17F3N2S/c10-9(11,12)15-5-4-14-3-1-2-8(6-13)7-14/h8H,1-7,13H2. The van der Waals surface area contributed by atoms with Gasteiger partial charge in [0, 0.05) is 18.8 Å². The molecule has 1 atom stereocenters. The molecule has 2 N–H and O–H groups in total. The molecule has 0 radical (unpaired) electrons. The van der Waals surface area contributed by atoms with Gasteiger partial charge < -0.3 is 10.6 Å². The first-order valence-corrected chi connectivity index (χ1v) is 6.13. The second-order valence-electron chi connectivity index (χ2n) is 3.84. The summed E-state index contributed by atoms with van der Waals surface area (Å²) in [6, 6.07) is 0. The van der Waals surface area contributed by atoms with Gasteiger partial charge in [-0.15, -0.1) is 0 Å². The minimum atomic E-state index is -4.09. The molecule has 0 aromatic carbocycles. The highest BCUT2D eigenvalue weighted by molar-refractivity contribution is 8.00. The molecule has 6 heteroatoms. The molecule has 0 aromatic rings. The van der Waals surface area contributed by atoms with Gasteiger partial charge in [-0.25, -0.2) is 0 Å². The Labute approximate surface area is 92.4 Å². The van der Waals surface area contributed by atoms with E-state index in [1.807, 2.05) is 0 Å². The molecule has 1 fully saturated rings. The van der Waals surface area contributed by atoms with Gasteiger partial charge in [-0.3, -0.25) is 0 Å². The molecule has 1 heterocycles. The van der Waals surface area contributed by atoms with Gasteiger partial charge in [0.1, 0.15) is 0 Å². The molecule has 90 valence electrons. The summed E-state index contributed by atoms with van der Waals surface area (Å²) < 4.78 is 35.6. The highest BCUT2D eigenvalue weighted by atomic mass is 32.2. The summed E-state index contributed by atoms with van der Waals surface area (Å²) in [7, 11) is 0. The maximum Gasteiger partial charge on any atom is 0.441 e. The third-order valence-corrected chi connectivity index (χ3v) is 3.32. The van der Waals surface area contributed by atoms with Crippen LogP contribution in [-0.2, 0) is 0 Å². The molecule has 0 amide bonds. The summed E-state index contributed by atoms with van der Waals surface area (Å²) in [5.41, 5.74) is 1.46. The molecule has 0 spiro atoms. The van der Waals surface area contributed by atoms with Crippen LogP contribution in [0, 0.1) is 5.92 Å². The van der Waals surface area contributed by atoms with Crippen LogP contribution in [0.5, 0.6) is 0 Å². The van der Waals surface area contributed by atoms with E-state index in [9.17, 15) is 13.2 Å². The Kier molecular flexibility index (Phi) is 5.22. The van der Waals surface area contributed by atoms with Gasteiger partial charge in [0.15, 0.2) is 0 Å². The molecule has 1 saturated heterocycles. The Morgan fingerprint density at radius 3 is 2.73 bits per heavy atom. The Bertz CT molecular complexity index is 187. The van der Waals surface area contributed by atoms with Crippen LogP contribution in [0.1, 0.15) is 12.8 Å². The Morgan fingerprint density at radius 2 is 2.13 bits per heavy atom. The predicted molar refractivity (Wildman–Crippen MR) is 56.7 cm³/mol. The number of nitrogens with two attached hydrogens (primary N) is 1. The molecule has 1 unspecified atom stereocenters. The largest absolute Gasteiger partial charge is 0.441 e. The smallest absolute Gasteiger partial charge is 0.330 e. The maximum atomic E-state index is 11.9. The van der Waals surface area contributed by atoms with Gasteiger partial charge in [0.05, 0.1) is 0 Å². The summed E-state index contributed by atoms with van der Waals surface area (Å²) >= 11 is 0.0631. The fourth-order valence-corrected chi connectivity index (χ4v) is 2.42. The van der Waals surface area contributed by atoms with Crippen molar-refractivity contribution in [2.75, 3.05) is 31.9 Å². The van der Waals surface area contributed by atoms with E-state index >= 15 is 0 Å². The van der Waals surface area contributed by atoms with Crippen LogP contribution in [0.2, 0.25) is 0 Å². The average Bonchev–Trinajstić information content (AvgIpc) is 2.16. The minimum Gasteiger partial charge on any atom is -0.330 e. The second-order valence-corrected chi connectivity index (χ2v) is 5.00. The molecule has 0 saturated carbocycles. The molecule has 0 bridgehead atoms. The number of hydrogen-bond donors (Lipinski definition) is 1. The van der Waals surface area contributed by atoms with Crippen molar-refractivity contribution >= 4 is 11.8 Å². The molecular weight excluding hydrogens is 225 g/mol. The zero-order chi connectivity index (χ0) is 11.3.